The normalized spacial score (nSPS) is 15.8. The van der Waals surface area contributed by atoms with Crippen LogP contribution in [0.15, 0.2) is 53.4 Å². The molecule has 2 aromatic carbocycles. The molecule has 2 heterocycles. The highest BCUT2D eigenvalue weighted by atomic mass is 32.2. The van der Waals surface area contributed by atoms with Crippen molar-refractivity contribution in [3.8, 4) is 17.0 Å². The molecule has 5 heteroatoms. The number of nitrogens with zero attached hydrogens (tertiary/aromatic N) is 3. The molecule has 0 saturated carbocycles. The number of aromatic nitrogens is 1. The molecule has 0 aliphatic carbocycles. The monoisotopic (exact) mass is 393 g/mol. The second-order valence-corrected chi connectivity index (χ2v) is 8.25. The van der Waals surface area contributed by atoms with Crippen molar-refractivity contribution in [1.82, 2.24) is 14.8 Å². The summed E-state index contributed by atoms with van der Waals surface area (Å²) in [5.41, 5.74) is 4.50. The molecule has 4 nitrogen and oxygen atoms in total. The number of likely N-dealkylation sites (N-methyl/N-ethyl adjacent to an activating group) is 1. The lowest BCUT2D eigenvalue weighted by Crippen LogP contribution is -2.43. The van der Waals surface area contributed by atoms with Crippen molar-refractivity contribution in [3.05, 3.63) is 54.1 Å². The minimum absolute atomic E-state index is 0.864. The number of hydrogen-bond acceptors (Lipinski definition) is 5. The van der Waals surface area contributed by atoms with Gasteiger partial charge in [0.05, 0.1) is 18.3 Å². The van der Waals surface area contributed by atoms with Gasteiger partial charge in [0.2, 0.25) is 0 Å². The molecule has 0 radical (unpaired) electrons. The topological polar surface area (TPSA) is 28.6 Å². The maximum atomic E-state index is 5.45. The largest absolute Gasteiger partial charge is 0.497 e. The predicted molar refractivity (Wildman–Crippen MR) is 118 cm³/mol. The maximum Gasteiger partial charge on any atom is 0.119 e. The fraction of sp³-hybridized carbons (Fsp3) is 0.348. The molecule has 1 aliphatic rings. The number of methoxy groups -OCH3 is 1. The summed E-state index contributed by atoms with van der Waals surface area (Å²) in [6.07, 6.45) is 2.10. The lowest BCUT2D eigenvalue weighted by atomic mass is 10.0. The Labute approximate surface area is 171 Å². The van der Waals surface area contributed by atoms with Crippen molar-refractivity contribution in [2.45, 2.75) is 11.4 Å². The van der Waals surface area contributed by atoms with E-state index >= 15 is 0 Å². The zero-order valence-corrected chi connectivity index (χ0v) is 17.6. The minimum atomic E-state index is 0.864. The molecule has 0 N–H and O–H groups in total. The Hall–Kier alpha value is -2.08. The van der Waals surface area contributed by atoms with Crippen LogP contribution in [0.2, 0.25) is 0 Å². The molecule has 28 heavy (non-hydrogen) atoms. The van der Waals surface area contributed by atoms with Crippen molar-refractivity contribution in [2.75, 3.05) is 46.6 Å². The van der Waals surface area contributed by atoms with E-state index in [0.29, 0.717) is 0 Å². The number of ether oxygens (including phenoxy) is 1. The van der Waals surface area contributed by atoms with Gasteiger partial charge in [-0.05, 0) is 49.2 Å². The molecule has 3 aromatic rings. The van der Waals surface area contributed by atoms with E-state index in [1.165, 1.54) is 15.8 Å². The van der Waals surface area contributed by atoms with Crippen LogP contribution in [0, 0.1) is 0 Å². The van der Waals surface area contributed by atoms with Gasteiger partial charge in [0.15, 0.2) is 0 Å². The number of benzene rings is 2. The van der Waals surface area contributed by atoms with Crippen LogP contribution >= 0.6 is 11.8 Å². The van der Waals surface area contributed by atoms with Gasteiger partial charge in [-0.1, -0.05) is 18.2 Å². The third kappa shape index (κ3) is 4.17. The van der Waals surface area contributed by atoms with Crippen LogP contribution in [0.1, 0.15) is 5.56 Å². The Morgan fingerprint density at radius 2 is 1.86 bits per heavy atom. The summed E-state index contributed by atoms with van der Waals surface area (Å²) in [6.45, 7) is 5.35. The van der Waals surface area contributed by atoms with E-state index < -0.39 is 0 Å². The summed E-state index contributed by atoms with van der Waals surface area (Å²) in [4.78, 5) is 11.3. The van der Waals surface area contributed by atoms with Crippen LogP contribution in [-0.4, -0.2) is 61.4 Å². The highest BCUT2D eigenvalue weighted by Gasteiger charge is 2.17. The zero-order valence-electron chi connectivity index (χ0n) is 16.8. The molecule has 1 saturated heterocycles. The average molecular weight is 394 g/mol. The van der Waals surface area contributed by atoms with Crippen molar-refractivity contribution in [3.63, 3.8) is 0 Å². The van der Waals surface area contributed by atoms with Gasteiger partial charge in [-0.3, -0.25) is 4.90 Å². The highest BCUT2D eigenvalue weighted by Crippen LogP contribution is 2.30. The minimum Gasteiger partial charge on any atom is -0.497 e. The lowest BCUT2D eigenvalue weighted by Gasteiger charge is -2.32. The van der Waals surface area contributed by atoms with Gasteiger partial charge < -0.3 is 9.64 Å². The van der Waals surface area contributed by atoms with Gasteiger partial charge in [-0.15, -0.1) is 11.8 Å². The molecular formula is C23H27N3OS. The molecule has 146 valence electrons. The predicted octanol–water partition coefficient (Wildman–Crippen LogP) is 4.38. The molecular weight excluding hydrogens is 366 g/mol. The van der Waals surface area contributed by atoms with Crippen LogP contribution in [0.5, 0.6) is 5.75 Å². The van der Waals surface area contributed by atoms with Crippen molar-refractivity contribution in [2.24, 2.45) is 0 Å². The number of pyridine rings is 1. The second-order valence-electron chi connectivity index (χ2n) is 7.37. The number of piperazine rings is 1. The first-order valence-electron chi connectivity index (χ1n) is 9.69. The number of hydrogen-bond donors (Lipinski definition) is 0. The highest BCUT2D eigenvalue weighted by molar-refractivity contribution is 7.98. The molecule has 0 unspecified atom stereocenters. The van der Waals surface area contributed by atoms with Gasteiger partial charge >= 0.3 is 0 Å². The summed E-state index contributed by atoms with van der Waals surface area (Å²) in [6, 6.07) is 17.1. The third-order valence-corrected chi connectivity index (χ3v) is 6.16. The standard InChI is InChI=1S/C23H27N3OS/c1-25-9-11-26(12-10-25)16-19-13-17-7-8-21(28-3)15-22(17)24-23(19)18-5-4-6-20(14-18)27-2/h4-8,13-15H,9-12,16H2,1-3H3. The fourth-order valence-electron chi connectivity index (χ4n) is 3.71. The summed E-state index contributed by atoms with van der Waals surface area (Å²) in [5, 5.41) is 1.20. The number of rotatable bonds is 5. The van der Waals surface area contributed by atoms with Gasteiger partial charge in [0.1, 0.15) is 5.75 Å². The Kier molecular flexibility index (Phi) is 5.85. The van der Waals surface area contributed by atoms with E-state index in [4.69, 9.17) is 9.72 Å². The molecule has 0 bridgehead atoms. The molecule has 1 aliphatic heterocycles. The quantitative estimate of drug-likeness (QED) is 0.600. The molecule has 0 spiro atoms. The third-order valence-electron chi connectivity index (χ3n) is 5.44. The maximum absolute atomic E-state index is 5.45. The van der Waals surface area contributed by atoms with Gasteiger partial charge in [0, 0.05) is 48.6 Å². The Morgan fingerprint density at radius 1 is 1.04 bits per heavy atom. The van der Waals surface area contributed by atoms with Crippen LogP contribution in [0.25, 0.3) is 22.2 Å². The Balaban J connectivity index is 1.78. The smallest absolute Gasteiger partial charge is 0.119 e. The summed E-state index contributed by atoms with van der Waals surface area (Å²) in [5.74, 6) is 0.864. The Morgan fingerprint density at radius 3 is 2.61 bits per heavy atom. The molecule has 1 aromatic heterocycles. The summed E-state index contributed by atoms with van der Waals surface area (Å²) < 4.78 is 5.45. The number of thioether (sulfide) groups is 1. The van der Waals surface area contributed by atoms with Crippen LogP contribution < -0.4 is 4.74 Å². The van der Waals surface area contributed by atoms with E-state index in [-0.39, 0.29) is 0 Å². The van der Waals surface area contributed by atoms with Crippen LogP contribution in [-0.2, 0) is 6.54 Å². The van der Waals surface area contributed by atoms with Crippen molar-refractivity contribution >= 4 is 22.7 Å². The van der Waals surface area contributed by atoms with Gasteiger partial charge in [-0.2, -0.15) is 0 Å². The molecule has 1 fully saturated rings. The second kappa shape index (κ2) is 8.52. The van der Waals surface area contributed by atoms with Crippen LogP contribution in [0.3, 0.4) is 0 Å². The fourth-order valence-corrected chi connectivity index (χ4v) is 4.14. The first-order valence-corrected chi connectivity index (χ1v) is 10.9. The first kappa shape index (κ1) is 19.2. The van der Waals surface area contributed by atoms with Crippen molar-refractivity contribution < 1.29 is 4.74 Å². The van der Waals surface area contributed by atoms with E-state index in [9.17, 15) is 0 Å². The average Bonchev–Trinajstić information content (AvgIpc) is 2.74. The van der Waals surface area contributed by atoms with Crippen molar-refractivity contribution in [1.29, 1.82) is 0 Å². The summed E-state index contributed by atoms with van der Waals surface area (Å²) in [7, 11) is 3.91. The SMILES string of the molecule is COc1cccc(-c2nc3cc(SC)ccc3cc2CN2CCN(C)CC2)c1. The lowest BCUT2D eigenvalue weighted by molar-refractivity contribution is 0.148. The van der Waals surface area contributed by atoms with Gasteiger partial charge in [-0.25, -0.2) is 4.98 Å². The van der Waals surface area contributed by atoms with Gasteiger partial charge in [0.25, 0.3) is 0 Å². The van der Waals surface area contributed by atoms with E-state index in [1.807, 2.05) is 12.1 Å². The zero-order chi connectivity index (χ0) is 19.5. The first-order chi connectivity index (χ1) is 13.7. The molecule has 0 atom stereocenters. The van der Waals surface area contributed by atoms with E-state index in [2.05, 4.69) is 59.5 Å². The number of fused-ring (bicyclic) bond motifs is 1. The van der Waals surface area contributed by atoms with E-state index in [0.717, 1.165) is 55.2 Å². The summed E-state index contributed by atoms with van der Waals surface area (Å²) >= 11 is 1.75. The Bertz CT molecular complexity index is 967. The molecule has 4 rings (SSSR count). The van der Waals surface area contributed by atoms with Crippen LogP contribution in [0.4, 0.5) is 0 Å². The molecule has 0 amide bonds. The van der Waals surface area contributed by atoms with E-state index in [1.54, 1.807) is 18.9 Å².